The summed E-state index contributed by atoms with van der Waals surface area (Å²) >= 11 is 1.86. The van der Waals surface area contributed by atoms with Crippen LogP contribution in [0.2, 0.25) is 0 Å². The fourth-order valence-electron chi connectivity index (χ4n) is 4.23. The van der Waals surface area contributed by atoms with Gasteiger partial charge in [-0.25, -0.2) is 8.70 Å². The normalized spacial score (nSPS) is 22.8. The summed E-state index contributed by atoms with van der Waals surface area (Å²) in [6.07, 6.45) is 5.78. The molecule has 0 bridgehead atoms. The molecule has 156 valence electrons. The summed E-state index contributed by atoms with van der Waals surface area (Å²) in [5.74, 6) is -0.116. The number of benzene rings is 2. The van der Waals surface area contributed by atoms with Crippen molar-refractivity contribution >= 4 is 17.6 Å². The van der Waals surface area contributed by atoms with Crippen LogP contribution in [0.1, 0.15) is 42.2 Å². The molecule has 0 spiro atoms. The third-order valence-corrected chi connectivity index (χ3v) is 7.74. The molecule has 2 aromatic carbocycles. The summed E-state index contributed by atoms with van der Waals surface area (Å²) in [4.78, 5) is 2.20. The minimum Gasteiger partial charge on any atom is -0.367 e. The van der Waals surface area contributed by atoms with E-state index in [2.05, 4.69) is 62.7 Å². The fourth-order valence-corrected chi connectivity index (χ4v) is 5.60. The van der Waals surface area contributed by atoms with Crippen LogP contribution in [0.3, 0.4) is 0 Å². The van der Waals surface area contributed by atoms with Crippen molar-refractivity contribution in [2.45, 2.75) is 43.6 Å². The van der Waals surface area contributed by atoms with Crippen molar-refractivity contribution in [3.63, 3.8) is 0 Å². The van der Waals surface area contributed by atoms with Crippen LogP contribution < -0.4 is 4.90 Å². The Hall–Kier alpha value is -2.38. The summed E-state index contributed by atoms with van der Waals surface area (Å²) < 4.78 is 19.3. The summed E-state index contributed by atoms with van der Waals surface area (Å²) in [7, 11) is 0. The molecule has 2 unspecified atom stereocenters. The van der Waals surface area contributed by atoms with Gasteiger partial charge in [0.2, 0.25) is 0 Å². The van der Waals surface area contributed by atoms with Crippen molar-refractivity contribution in [1.82, 2.24) is 19.1 Å². The Kier molecular flexibility index (Phi) is 5.48. The Bertz CT molecular complexity index is 975. The molecule has 2 aliphatic rings. The third kappa shape index (κ3) is 3.96. The second-order valence-electron chi connectivity index (χ2n) is 8.25. The van der Waals surface area contributed by atoms with E-state index in [9.17, 15) is 4.39 Å². The Morgan fingerprint density at radius 3 is 2.53 bits per heavy atom. The van der Waals surface area contributed by atoms with E-state index >= 15 is 0 Å². The molecule has 30 heavy (non-hydrogen) atoms. The average molecular weight is 424 g/mol. The minimum atomic E-state index is -0.116. The van der Waals surface area contributed by atoms with Crippen molar-refractivity contribution in [1.29, 1.82) is 0 Å². The molecule has 0 radical (unpaired) electrons. The highest BCUT2D eigenvalue weighted by Gasteiger charge is 2.30. The van der Waals surface area contributed by atoms with Crippen molar-refractivity contribution in [2.75, 3.05) is 18.0 Å². The average Bonchev–Trinajstić information content (AvgIpc) is 3.25. The number of hydrogen-bond acceptors (Lipinski definition) is 5. The molecule has 5 nitrogen and oxygen atoms in total. The fraction of sp³-hybridized carbons (Fsp3) is 0.391. The van der Waals surface area contributed by atoms with Crippen LogP contribution >= 0.6 is 11.9 Å². The summed E-state index contributed by atoms with van der Waals surface area (Å²) in [6.45, 7) is 4.58. The second kappa shape index (κ2) is 8.40. The Morgan fingerprint density at radius 2 is 1.80 bits per heavy atom. The Morgan fingerprint density at radius 1 is 1.03 bits per heavy atom. The van der Waals surface area contributed by atoms with Gasteiger partial charge in [0.05, 0.1) is 6.04 Å². The lowest BCUT2D eigenvalue weighted by molar-refractivity contribution is 0.317. The summed E-state index contributed by atoms with van der Waals surface area (Å²) in [6, 6.07) is 17.1. The molecule has 0 amide bonds. The van der Waals surface area contributed by atoms with Gasteiger partial charge in [0.15, 0.2) is 0 Å². The van der Waals surface area contributed by atoms with Gasteiger partial charge in [0, 0.05) is 42.2 Å². The highest BCUT2D eigenvalue weighted by Crippen LogP contribution is 2.43. The van der Waals surface area contributed by atoms with Crippen LogP contribution in [0.4, 0.5) is 10.1 Å². The minimum absolute atomic E-state index is 0.116. The van der Waals surface area contributed by atoms with Crippen LogP contribution in [0.15, 0.2) is 61.2 Å². The maximum atomic E-state index is 15.0. The first-order valence-corrected chi connectivity index (χ1v) is 11.4. The van der Waals surface area contributed by atoms with Crippen LogP contribution in [0.5, 0.6) is 0 Å². The third-order valence-electron chi connectivity index (χ3n) is 6.22. The lowest BCUT2D eigenvalue weighted by Crippen LogP contribution is -2.47. The topological polar surface area (TPSA) is 37.2 Å². The van der Waals surface area contributed by atoms with E-state index in [1.54, 1.807) is 18.7 Å². The van der Waals surface area contributed by atoms with Gasteiger partial charge in [-0.2, -0.15) is 0 Å². The van der Waals surface area contributed by atoms with Crippen LogP contribution in [-0.4, -0.2) is 38.2 Å². The molecule has 1 aromatic heterocycles. The first-order chi connectivity index (χ1) is 14.7. The molecule has 3 heterocycles. The molecule has 0 saturated carbocycles. The number of nitrogens with zero attached hydrogens (tertiary/aromatic N) is 5. The maximum absolute atomic E-state index is 15.0. The van der Waals surface area contributed by atoms with Crippen LogP contribution in [0, 0.1) is 5.82 Å². The second-order valence-corrected chi connectivity index (χ2v) is 9.50. The lowest BCUT2D eigenvalue weighted by atomic mass is 10.0. The predicted octanol–water partition coefficient (Wildman–Crippen LogP) is 4.85. The zero-order chi connectivity index (χ0) is 20.5. The van der Waals surface area contributed by atoms with Gasteiger partial charge in [-0.3, -0.25) is 0 Å². The molecule has 0 aliphatic carbocycles. The Labute approximate surface area is 181 Å². The molecule has 3 aromatic rings. The number of rotatable bonds is 5. The monoisotopic (exact) mass is 423 g/mol. The van der Waals surface area contributed by atoms with Gasteiger partial charge in [-0.05, 0) is 37.5 Å². The SMILES string of the molecule is CC1CCC(c2ccccc2)SN1Cc1ccc(N2CC(n3cnnc3)C2)cc1F. The van der Waals surface area contributed by atoms with Gasteiger partial charge >= 0.3 is 0 Å². The smallest absolute Gasteiger partial charge is 0.129 e. The van der Waals surface area contributed by atoms with E-state index in [0.717, 1.165) is 37.2 Å². The van der Waals surface area contributed by atoms with E-state index in [1.807, 2.05) is 22.6 Å². The van der Waals surface area contributed by atoms with Crippen LogP contribution in [0.25, 0.3) is 0 Å². The molecular weight excluding hydrogens is 397 g/mol. The van der Waals surface area contributed by atoms with Crippen molar-refractivity contribution in [2.24, 2.45) is 0 Å². The van der Waals surface area contributed by atoms with Gasteiger partial charge in [0.25, 0.3) is 0 Å². The van der Waals surface area contributed by atoms with Crippen LogP contribution in [-0.2, 0) is 6.54 Å². The molecule has 2 atom stereocenters. The van der Waals surface area contributed by atoms with Gasteiger partial charge in [-0.1, -0.05) is 48.3 Å². The van der Waals surface area contributed by atoms with E-state index in [-0.39, 0.29) is 5.82 Å². The number of aromatic nitrogens is 3. The van der Waals surface area contributed by atoms with Gasteiger partial charge in [-0.15, -0.1) is 10.2 Å². The standard InChI is InChI=1S/C23H26FN5S/c1-17-7-10-23(18-5-3-2-4-6-18)30-29(17)12-19-8-9-20(11-22(19)24)27-13-21(14-27)28-15-25-26-16-28/h2-6,8-9,11,15-17,21,23H,7,10,12-14H2,1H3. The van der Waals surface area contributed by atoms with Gasteiger partial charge in [0.1, 0.15) is 18.5 Å². The quantitative estimate of drug-likeness (QED) is 0.548. The molecule has 0 N–H and O–H groups in total. The molecule has 2 fully saturated rings. The first-order valence-electron chi connectivity index (χ1n) is 10.5. The zero-order valence-corrected chi connectivity index (χ0v) is 17.9. The van der Waals surface area contributed by atoms with E-state index in [4.69, 9.17) is 0 Å². The van der Waals surface area contributed by atoms with E-state index in [0.29, 0.717) is 23.9 Å². The molecule has 7 heteroatoms. The number of anilines is 1. The first kappa shape index (κ1) is 19.6. The van der Waals surface area contributed by atoms with Crippen molar-refractivity contribution < 1.29 is 4.39 Å². The maximum Gasteiger partial charge on any atom is 0.129 e. The van der Waals surface area contributed by atoms with Crippen molar-refractivity contribution in [3.8, 4) is 0 Å². The molecule has 2 aliphatic heterocycles. The summed E-state index contributed by atoms with van der Waals surface area (Å²) in [5, 5.41) is 8.17. The number of hydrogen-bond donors (Lipinski definition) is 0. The van der Waals surface area contributed by atoms with E-state index in [1.165, 1.54) is 5.56 Å². The number of halogens is 1. The molecule has 2 saturated heterocycles. The lowest BCUT2D eigenvalue weighted by Gasteiger charge is -2.41. The molecule has 5 rings (SSSR count). The van der Waals surface area contributed by atoms with Crippen molar-refractivity contribution in [3.05, 3.63) is 78.1 Å². The van der Waals surface area contributed by atoms with Gasteiger partial charge < -0.3 is 9.47 Å². The predicted molar refractivity (Wildman–Crippen MR) is 119 cm³/mol. The largest absolute Gasteiger partial charge is 0.367 e. The molecular formula is C23H26FN5S. The summed E-state index contributed by atoms with van der Waals surface area (Å²) in [5.41, 5.74) is 3.07. The highest BCUT2D eigenvalue weighted by atomic mass is 32.2. The van der Waals surface area contributed by atoms with E-state index < -0.39 is 0 Å². The zero-order valence-electron chi connectivity index (χ0n) is 17.1. The Balaban J connectivity index is 1.24. The highest BCUT2D eigenvalue weighted by molar-refractivity contribution is 7.97.